The third kappa shape index (κ3) is 15.0. The van der Waals surface area contributed by atoms with Crippen molar-refractivity contribution in [1.82, 2.24) is 0 Å². The van der Waals surface area contributed by atoms with Gasteiger partial charge < -0.3 is 19.7 Å². The van der Waals surface area contributed by atoms with E-state index in [0.29, 0.717) is 0 Å². The summed E-state index contributed by atoms with van der Waals surface area (Å²) < 4.78 is 12.6. The van der Waals surface area contributed by atoms with Crippen molar-refractivity contribution in [2.45, 2.75) is 217 Å². The predicted octanol–water partition coefficient (Wildman–Crippen LogP) is 9.43. The lowest BCUT2D eigenvalue weighted by Gasteiger charge is -2.24. The van der Waals surface area contributed by atoms with Crippen molar-refractivity contribution in [3.05, 3.63) is 0 Å². The molecular weight excluding hydrogens is 472 g/mol. The molecule has 0 spiro atoms. The third-order valence-corrected chi connectivity index (χ3v) is 9.15. The van der Waals surface area contributed by atoms with Crippen LogP contribution in [0.5, 0.6) is 0 Å². The van der Waals surface area contributed by atoms with E-state index in [2.05, 4.69) is 13.8 Å². The van der Waals surface area contributed by atoms with Crippen molar-refractivity contribution in [3.63, 3.8) is 0 Å². The minimum absolute atomic E-state index is 0.0298. The second kappa shape index (κ2) is 22.5. The van der Waals surface area contributed by atoms with Crippen LogP contribution in [0.15, 0.2) is 0 Å². The first-order chi connectivity index (χ1) is 18.7. The molecular formula is C34H66O4. The Hall–Kier alpha value is -0.160. The summed E-state index contributed by atoms with van der Waals surface area (Å²) in [4.78, 5) is 0. The van der Waals surface area contributed by atoms with Crippen LogP contribution in [0.25, 0.3) is 0 Å². The van der Waals surface area contributed by atoms with Gasteiger partial charge in [-0.2, -0.15) is 0 Å². The molecule has 0 radical (unpaired) electrons. The topological polar surface area (TPSA) is 58.9 Å². The Kier molecular flexibility index (Phi) is 20.2. The van der Waals surface area contributed by atoms with Crippen LogP contribution >= 0.6 is 0 Å². The maximum atomic E-state index is 10.7. The Morgan fingerprint density at radius 1 is 0.447 bits per heavy atom. The van der Waals surface area contributed by atoms with E-state index in [1.54, 1.807) is 0 Å². The number of hydrogen-bond acceptors (Lipinski definition) is 4. The Morgan fingerprint density at radius 2 is 0.737 bits per heavy atom. The summed E-state index contributed by atoms with van der Waals surface area (Å²) in [5, 5.41) is 21.4. The molecule has 2 saturated heterocycles. The van der Waals surface area contributed by atoms with Gasteiger partial charge in [0.15, 0.2) is 0 Å². The summed E-state index contributed by atoms with van der Waals surface area (Å²) in [6.45, 7) is 4.55. The normalized spacial score (nSPS) is 25.3. The number of aliphatic hydroxyl groups excluding tert-OH is 2. The lowest BCUT2D eigenvalue weighted by atomic mass is 10.0. The molecule has 0 aliphatic carbocycles. The second-order valence-corrected chi connectivity index (χ2v) is 12.7. The average molecular weight is 539 g/mol. The van der Waals surface area contributed by atoms with E-state index in [1.165, 1.54) is 116 Å². The molecule has 0 aromatic heterocycles. The van der Waals surface area contributed by atoms with Crippen molar-refractivity contribution in [2.75, 3.05) is 0 Å². The molecule has 0 unspecified atom stereocenters. The molecule has 2 aliphatic heterocycles. The Bertz CT molecular complexity index is 481. The van der Waals surface area contributed by atoms with Crippen molar-refractivity contribution < 1.29 is 19.7 Å². The van der Waals surface area contributed by atoms with E-state index in [-0.39, 0.29) is 36.6 Å². The Labute approximate surface area is 237 Å². The van der Waals surface area contributed by atoms with Crippen LogP contribution < -0.4 is 0 Å². The van der Waals surface area contributed by atoms with Gasteiger partial charge in [-0.3, -0.25) is 0 Å². The molecule has 2 fully saturated rings. The van der Waals surface area contributed by atoms with Crippen LogP contribution in [0.3, 0.4) is 0 Å². The summed E-state index contributed by atoms with van der Waals surface area (Å²) in [6.07, 6.45) is 31.5. The SMILES string of the molecule is CCCCCCCCCCCC[C@@H](O)[C@@H]1CC[C@H]([C@H]2CC[C@H]([C@H](O)CCCCCCCCCCCC)O2)O1. The summed E-state index contributed by atoms with van der Waals surface area (Å²) in [7, 11) is 0. The summed E-state index contributed by atoms with van der Waals surface area (Å²) in [5.74, 6) is 0. The van der Waals surface area contributed by atoms with Gasteiger partial charge in [-0.25, -0.2) is 0 Å². The van der Waals surface area contributed by atoms with Crippen LogP contribution in [-0.4, -0.2) is 46.8 Å². The average Bonchev–Trinajstić information content (AvgIpc) is 3.61. The van der Waals surface area contributed by atoms with Crippen molar-refractivity contribution in [3.8, 4) is 0 Å². The monoisotopic (exact) mass is 538 g/mol. The number of rotatable bonds is 25. The number of unbranched alkanes of at least 4 members (excludes halogenated alkanes) is 18. The smallest absolute Gasteiger partial charge is 0.0842 e. The van der Waals surface area contributed by atoms with E-state index >= 15 is 0 Å². The fourth-order valence-electron chi connectivity index (χ4n) is 6.55. The lowest BCUT2D eigenvalue weighted by Crippen LogP contribution is -2.33. The molecule has 4 heteroatoms. The van der Waals surface area contributed by atoms with E-state index in [1.807, 2.05) is 0 Å². The second-order valence-electron chi connectivity index (χ2n) is 12.7. The van der Waals surface area contributed by atoms with Crippen molar-refractivity contribution >= 4 is 0 Å². The van der Waals surface area contributed by atoms with E-state index < -0.39 is 0 Å². The summed E-state index contributed by atoms with van der Waals surface area (Å²) in [5.41, 5.74) is 0. The maximum Gasteiger partial charge on any atom is 0.0842 e. The van der Waals surface area contributed by atoms with E-state index in [0.717, 1.165) is 51.4 Å². The molecule has 38 heavy (non-hydrogen) atoms. The van der Waals surface area contributed by atoms with Gasteiger partial charge >= 0.3 is 0 Å². The van der Waals surface area contributed by atoms with Crippen molar-refractivity contribution in [2.24, 2.45) is 0 Å². The minimum Gasteiger partial charge on any atom is -0.390 e. The Balaban J connectivity index is 1.46. The largest absolute Gasteiger partial charge is 0.390 e. The van der Waals surface area contributed by atoms with E-state index in [9.17, 15) is 10.2 Å². The van der Waals surface area contributed by atoms with Crippen LogP contribution in [0, 0.1) is 0 Å². The fraction of sp³-hybridized carbons (Fsp3) is 1.00. The first-order valence-corrected chi connectivity index (χ1v) is 17.3. The van der Waals surface area contributed by atoms with Crippen LogP contribution in [0.4, 0.5) is 0 Å². The quantitative estimate of drug-likeness (QED) is 0.114. The van der Waals surface area contributed by atoms with Gasteiger partial charge in [-0.05, 0) is 38.5 Å². The maximum absolute atomic E-state index is 10.7. The molecule has 0 aromatic carbocycles. The van der Waals surface area contributed by atoms with Gasteiger partial charge in [-0.15, -0.1) is 0 Å². The van der Waals surface area contributed by atoms with E-state index in [4.69, 9.17) is 9.47 Å². The number of hydrogen-bond donors (Lipinski definition) is 2. The zero-order chi connectivity index (χ0) is 27.3. The molecule has 2 rings (SSSR count). The first kappa shape index (κ1) is 34.0. The zero-order valence-electron chi connectivity index (χ0n) is 25.6. The van der Waals surface area contributed by atoms with Gasteiger partial charge in [-0.1, -0.05) is 142 Å². The number of ether oxygens (including phenoxy) is 2. The molecule has 2 aliphatic rings. The predicted molar refractivity (Wildman–Crippen MR) is 161 cm³/mol. The van der Waals surface area contributed by atoms with Crippen LogP contribution in [-0.2, 0) is 9.47 Å². The van der Waals surface area contributed by atoms with Gasteiger partial charge in [0, 0.05) is 0 Å². The molecule has 4 nitrogen and oxygen atoms in total. The highest BCUT2D eigenvalue weighted by Crippen LogP contribution is 2.34. The van der Waals surface area contributed by atoms with Gasteiger partial charge in [0.25, 0.3) is 0 Å². The van der Waals surface area contributed by atoms with Crippen LogP contribution in [0.2, 0.25) is 0 Å². The Morgan fingerprint density at radius 3 is 1.05 bits per heavy atom. The molecule has 0 aromatic rings. The standard InChI is InChI=1S/C34H66O4/c1-3-5-7-9-11-13-15-17-19-21-23-29(35)31-25-27-33(37-31)34-28-26-32(38-34)30(36)24-22-20-18-16-14-12-10-8-6-4-2/h29-36H,3-28H2,1-2H3/t29-,30-,31-,32+,33-,34-/m1/s1. The minimum atomic E-state index is -0.340. The highest BCUT2D eigenvalue weighted by molar-refractivity contribution is 4.89. The summed E-state index contributed by atoms with van der Waals surface area (Å²) in [6, 6.07) is 0. The van der Waals surface area contributed by atoms with Gasteiger partial charge in [0.05, 0.1) is 36.6 Å². The molecule has 0 bridgehead atoms. The first-order valence-electron chi connectivity index (χ1n) is 17.3. The molecule has 0 amide bonds. The highest BCUT2D eigenvalue weighted by Gasteiger charge is 2.40. The van der Waals surface area contributed by atoms with Gasteiger partial charge in [0.1, 0.15) is 0 Å². The zero-order valence-corrected chi connectivity index (χ0v) is 25.6. The third-order valence-electron chi connectivity index (χ3n) is 9.15. The molecule has 2 N–H and O–H groups in total. The van der Waals surface area contributed by atoms with Crippen molar-refractivity contribution in [1.29, 1.82) is 0 Å². The molecule has 2 heterocycles. The molecule has 6 atom stereocenters. The highest BCUT2D eigenvalue weighted by atomic mass is 16.6. The number of aliphatic hydroxyl groups is 2. The van der Waals surface area contributed by atoms with Gasteiger partial charge in [0.2, 0.25) is 0 Å². The molecule has 226 valence electrons. The lowest BCUT2D eigenvalue weighted by molar-refractivity contribution is -0.110. The molecule has 0 saturated carbocycles. The van der Waals surface area contributed by atoms with Crippen LogP contribution in [0.1, 0.15) is 181 Å². The summed E-state index contributed by atoms with van der Waals surface area (Å²) >= 11 is 0. The fourth-order valence-corrected chi connectivity index (χ4v) is 6.55.